The number of urea groups is 1. The van der Waals surface area contributed by atoms with Crippen molar-refractivity contribution in [3.8, 4) is 11.1 Å². The number of primary amides is 1. The first-order valence-corrected chi connectivity index (χ1v) is 11.8. The molecule has 182 valence electrons. The largest absolute Gasteiger partial charge is 0.366 e. The molecule has 36 heavy (non-hydrogen) atoms. The summed E-state index contributed by atoms with van der Waals surface area (Å²) in [6, 6.07) is 15.7. The maximum Gasteiger partial charge on any atom is 0.330 e. The molecule has 2 saturated heterocycles. The Balaban J connectivity index is 1.44. The second-order valence-corrected chi connectivity index (χ2v) is 8.68. The normalized spacial score (nSPS) is 15.8. The molecule has 5 rings (SSSR count). The lowest BCUT2D eigenvalue weighted by atomic mass is 9.98. The monoisotopic (exact) mass is 483 g/mol. The molecule has 2 aliphatic heterocycles. The van der Waals surface area contributed by atoms with Crippen LogP contribution in [0.3, 0.4) is 0 Å². The zero-order valence-corrected chi connectivity index (χ0v) is 19.8. The lowest BCUT2D eigenvalue weighted by Crippen LogP contribution is -2.33. The summed E-state index contributed by atoms with van der Waals surface area (Å²) in [4.78, 5) is 58.2. The standard InChI is InChI=1S/C27H25N5O4/c1-2-21-22(17-6-8-19(9-7-17)32-23(33)10-11-24(32)34)12-13-29-26(21)31-15-14-30(27(31)36)20-5-3-4-18(16-20)25(28)35/h3-9,12-13,16H,2,10-11,14-15H2,1H3,(H2,28,35). The molecule has 0 saturated carbocycles. The molecule has 2 N–H and O–H groups in total. The maximum atomic E-state index is 13.4. The van der Waals surface area contributed by atoms with Crippen LogP contribution < -0.4 is 20.4 Å². The molecular formula is C27H25N5O4. The summed E-state index contributed by atoms with van der Waals surface area (Å²) in [6.45, 7) is 2.90. The van der Waals surface area contributed by atoms with Crippen LogP contribution in [0.5, 0.6) is 0 Å². The average Bonchev–Trinajstić information content (AvgIpc) is 3.44. The second-order valence-electron chi connectivity index (χ2n) is 8.68. The van der Waals surface area contributed by atoms with E-state index in [0.29, 0.717) is 42.3 Å². The minimum Gasteiger partial charge on any atom is -0.366 e. The minimum atomic E-state index is -0.549. The van der Waals surface area contributed by atoms with Crippen LogP contribution in [0, 0.1) is 0 Å². The Hall–Kier alpha value is -4.53. The highest BCUT2D eigenvalue weighted by Gasteiger charge is 2.34. The quantitative estimate of drug-likeness (QED) is 0.539. The van der Waals surface area contributed by atoms with Gasteiger partial charge in [-0.1, -0.05) is 25.1 Å². The summed E-state index contributed by atoms with van der Waals surface area (Å²) in [7, 11) is 0. The van der Waals surface area contributed by atoms with Crippen LogP contribution in [0.4, 0.5) is 22.0 Å². The van der Waals surface area contributed by atoms with E-state index in [4.69, 9.17) is 5.73 Å². The molecule has 2 aromatic carbocycles. The van der Waals surface area contributed by atoms with Crippen LogP contribution in [0.2, 0.25) is 0 Å². The van der Waals surface area contributed by atoms with Crippen LogP contribution in [-0.4, -0.2) is 41.8 Å². The number of benzene rings is 2. The van der Waals surface area contributed by atoms with Crippen molar-refractivity contribution in [1.82, 2.24) is 4.98 Å². The third-order valence-electron chi connectivity index (χ3n) is 6.58. The van der Waals surface area contributed by atoms with Crippen molar-refractivity contribution in [3.05, 3.63) is 71.9 Å². The van der Waals surface area contributed by atoms with E-state index in [0.717, 1.165) is 16.7 Å². The number of pyridine rings is 1. The molecule has 0 spiro atoms. The number of amides is 5. The molecule has 5 amide bonds. The van der Waals surface area contributed by atoms with Crippen molar-refractivity contribution >= 4 is 40.9 Å². The smallest absolute Gasteiger partial charge is 0.330 e. The molecule has 0 radical (unpaired) electrons. The minimum absolute atomic E-state index is 0.188. The number of nitrogens with two attached hydrogens (primary N) is 1. The molecule has 3 heterocycles. The third-order valence-corrected chi connectivity index (χ3v) is 6.58. The summed E-state index contributed by atoms with van der Waals surface area (Å²) in [5, 5.41) is 0. The van der Waals surface area contributed by atoms with E-state index in [9.17, 15) is 19.2 Å². The Morgan fingerprint density at radius 1 is 0.917 bits per heavy atom. The van der Waals surface area contributed by atoms with Crippen molar-refractivity contribution < 1.29 is 19.2 Å². The van der Waals surface area contributed by atoms with Gasteiger partial charge in [0.1, 0.15) is 5.82 Å². The van der Waals surface area contributed by atoms with Crippen LogP contribution in [0.1, 0.15) is 35.7 Å². The number of anilines is 3. The van der Waals surface area contributed by atoms with Gasteiger partial charge in [0.2, 0.25) is 17.7 Å². The molecular weight excluding hydrogens is 458 g/mol. The zero-order chi connectivity index (χ0) is 25.4. The summed E-state index contributed by atoms with van der Waals surface area (Å²) in [6.07, 6.45) is 2.79. The SMILES string of the molecule is CCc1c(-c2ccc(N3C(=O)CCC3=O)cc2)ccnc1N1CCN(c2cccc(C(N)=O)c2)C1=O. The third kappa shape index (κ3) is 3.98. The van der Waals surface area contributed by atoms with Crippen molar-refractivity contribution in [2.24, 2.45) is 5.73 Å². The Morgan fingerprint density at radius 2 is 1.61 bits per heavy atom. The predicted octanol–water partition coefficient (Wildman–Crippen LogP) is 3.51. The van der Waals surface area contributed by atoms with E-state index < -0.39 is 5.91 Å². The maximum absolute atomic E-state index is 13.4. The first-order valence-electron chi connectivity index (χ1n) is 11.8. The van der Waals surface area contributed by atoms with Gasteiger partial charge in [-0.05, 0) is 53.9 Å². The van der Waals surface area contributed by atoms with Crippen molar-refractivity contribution in [2.75, 3.05) is 27.8 Å². The van der Waals surface area contributed by atoms with Gasteiger partial charge in [0.15, 0.2) is 0 Å². The highest BCUT2D eigenvalue weighted by Crippen LogP contribution is 2.34. The highest BCUT2D eigenvalue weighted by molar-refractivity contribution is 6.19. The molecule has 1 aromatic heterocycles. The second kappa shape index (κ2) is 9.26. The molecule has 0 atom stereocenters. The van der Waals surface area contributed by atoms with Gasteiger partial charge in [-0.3, -0.25) is 29.1 Å². The number of hydrogen-bond donors (Lipinski definition) is 1. The van der Waals surface area contributed by atoms with Crippen LogP contribution in [0.25, 0.3) is 11.1 Å². The van der Waals surface area contributed by atoms with Crippen molar-refractivity contribution in [3.63, 3.8) is 0 Å². The fraction of sp³-hybridized carbons (Fsp3) is 0.222. The Morgan fingerprint density at radius 3 is 2.28 bits per heavy atom. The van der Waals surface area contributed by atoms with Gasteiger partial charge in [-0.2, -0.15) is 0 Å². The van der Waals surface area contributed by atoms with Crippen molar-refractivity contribution in [2.45, 2.75) is 26.2 Å². The van der Waals surface area contributed by atoms with Gasteiger partial charge in [0, 0.05) is 48.9 Å². The number of hydrogen-bond acceptors (Lipinski definition) is 5. The Kier molecular flexibility index (Phi) is 5.97. The number of rotatable bonds is 6. The van der Waals surface area contributed by atoms with Gasteiger partial charge >= 0.3 is 6.03 Å². The first kappa shape index (κ1) is 23.2. The van der Waals surface area contributed by atoms with E-state index >= 15 is 0 Å². The number of carbonyl (C=O) groups excluding carboxylic acids is 4. The lowest BCUT2D eigenvalue weighted by molar-refractivity contribution is -0.121. The van der Waals surface area contributed by atoms with Crippen LogP contribution >= 0.6 is 0 Å². The van der Waals surface area contributed by atoms with Crippen LogP contribution in [0.15, 0.2) is 60.8 Å². The number of aromatic nitrogens is 1. The number of nitrogens with zero attached hydrogens (tertiary/aromatic N) is 4. The molecule has 0 bridgehead atoms. The zero-order valence-electron chi connectivity index (χ0n) is 19.8. The molecule has 0 aliphatic carbocycles. The molecule has 2 fully saturated rings. The number of imide groups is 1. The van der Waals surface area contributed by atoms with E-state index in [1.807, 2.05) is 25.1 Å². The van der Waals surface area contributed by atoms with Gasteiger partial charge < -0.3 is 5.73 Å². The molecule has 9 nitrogen and oxygen atoms in total. The fourth-order valence-corrected chi connectivity index (χ4v) is 4.79. The Bertz CT molecular complexity index is 1370. The molecule has 2 aliphatic rings. The lowest BCUT2D eigenvalue weighted by Gasteiger charge is -2.22. The van der Waals surface area contributed by atoms with E-state index in [2.05, 4.69) is 4.98 Å². The molecule has 0 unspecified atom stereocenters. The van der Waals surface area contributed by atoms with Gasteiger partial charge in [0.25, 0.3) is 0 Å². The van der Waals surface area contributed by atoms with Gasteiger partial charge in [-0.15, -0.1) is 0 Å². The van der Waals surface area contributed by atoms with Gasteiger partial charge in [0.05, 0.1) is 5.69 Å². The molecule has 3 aromatic rings. The Labute approximate surface area is 208 Å². The summed E-state index contributed by atoms with van der Waals surface area (Å²) < 4.78 is 0. The molecule has 9 heteroatoms. The van der Waals surface area contributed by atoms with E-state index in [1.54, 1.807) is 52.4 Å². The van der Waals surface area contributed by atoms with E-state index in [1.165, 1.54) is 4.90 Å². The summed E-state index contributed by atoms with van der Waals surface area (Å²) in [5.74, 6) is -0.340. The number of carbonyl (C=O) groups is 4. The fourth-order valence-electron chi connectivity index (χ4n) is 4.79. The van der Waals surface area contributed by atoms with Crippen molar-refractivity contribution in [1.29, 1.82) is 0 Å². The highest BCUT2D eigenvalue weighted by atomic mass is 16.2. The summed E-state index contributed by atoms with van der Waals surface area (Å²) >= 11 is 0. The predicted molar refractivity (Wildman–Crippen MR) is 136 cm³/mol. The van der Waals surface area contributed by atoms with E-state index in [-0.39, 0.29) is 30.7 Å². The first-order chi connectivity index (χ1) is 17.4. The topological polar surface area (TPSA) is 117 Å². The average molecular weight is 484 g/mol. The van der Waals surface area contributed by atoms with Crippen LogP contribution in [-0.2, 0) is 16.0 Å². The summed E-state index contributed by atoms with van der Waals surface area (Å²) in [5.41, 5.74) is 9.65. The van der Waals surface area contributed by atoms with Gasteiger partial charge in [-0.25, -0.2) is 9.78 Å².